The first-order valence-electron chi connectivity index (χ1n) is 0.908. The van der Waals surface area contributed by atoms with Crippen molar-refractivity contribution >= 4 is 23.3 Å². The molecule has 0 amide bonds. The van der Waals surface area contributed by atoms with Crippen molar-refractivity contribution in [1.29, 1.82) is 0 Å². The Morgan fingerprint density at radius 3 is 1.43 bits per heavy atom. The van der Waals surface area contributed by atoms with Crippen LogP contribution < -0.4 is 5.11 Å². The fourth-order valence-corrected chi connectivity index (χ4v) is 0. The zero-order chi connectivity index (χ0) is 3.58. The second-order valence-electron chi connectivity index (χ2n) is 0.492. The summed E-state index contributed by atoms with van der Waals surface area (Å²) in [5.41, 5.74) is 0. The molecule has 0 rings (SSSR count). The molecule has 0 spiro atoms. The molecule has 7 heavy (non-hydrogen) atoms. The van der Waals surface area contributed by atoms with Crippen LogP contribution in [0.3, 0.4) is 0 Å². The largest absolute Gasteiger partial charge is 3.00 e. The molecule has 0 saturated heterocycles. The Morgan fingerprint density at radius 2 is 1.43 bits per heavy atom. The van der Waals surface area contributed by atoms with Crippen molar-refractivity contribution in [2.24, 2.45) is 0 Å². The Morgan fingerprint density at radius 1 is 1.43 bits per heavy atom. The summed E-state index contributed by atoms with van der Waals surface area (Å²) in [5.74, 6) is -1.08. The number of carboxylic acid groups (broad SMARTS) is 1. The van der Waals surface area contributed by atoms with E-state index in [1.54, 1.807) is 0 Å². The minimum absolute atomic E-state index is 0. The molecule has 5 heteroatoms. The molecule has 0 unspecified atom stereocenters. The van der Waals surface area contributed by atoms with Crippen LogP contribution in [0.4, 0.5) is 0 Å². The predicted molar refractivity (Wildman–Crippen MR) is 20.3 cm³/mol. The van der Waals surface area contributed by atoms with Crippen LogP contribution in [0.2, 0.25) is 0 Å². The first-order chi connectivity index (χ1) is 1.73. The van der Waals surface area contributed by atoms with Gasteiger partial charge in [-0.1, -0.05) is 0 Å². The number of hydrogen-bond donors (Lipinski definition) is 0. The van der Waals surface area contributed by atoms with Crippen molar-refractivity contribution in [3.05, 3.63) is 0 Å². The first kappa shape index (κ1) is 28.4. The van der Waals surface area contributed by atoms with E-state index in [1.807, 2.05) is 0 Å². The van der Waals surface area contributed by atoms with Crippen LogP contribution in [0.1, 0.15) is 6.92 Å². The van der Waals surface area contributed by atoms with Gasteiger partial charge in [-0.2, -0.15) is 0 Å². The summed E-state index contributed by atoms with van der Waals surface area (Å²) in [6.07, 6.45) is 0. The van der Waals surface area contributed by atoms with Crippen LogP contribution in [0, 0.1) is 0 Å². The Hall–Kier alpha value is -0.0775. The predicted octanol–water partition coefficient (Wildman–Crippen LogP) is -1.98. The molecule has 4 nitrogen and oxygen atoms in total. The minimum Gasteiger partial charge on any atom is -0.870 e. The summed E-state index contributed by atoms with van der Waals surface area (Å²) in [4.78, 5) is 8.89. The van der Waals surface area contributed by atoms with Gasteiger partial charge in [0, 0.05) is 5.97 Å². The zero-order valence-electron chi connectivity index (χ0n) is 3.79. The van der Waals surface area contributed by atoms with Gasteiger partial charge in [0.1, 0.15) is 0 Å². The second-order valence-corrected chi connectivity index (χ2v) is 0.492. The molecule has 0 atom stereocenters. The van der Waals surface area contributed by atoms with Crippen LogP contribution in [0.15, 0.2) is 0 Å². The standard InChI is InChI=1S/C2H4O2.Al.2H2O/c1-2(3)4;;;/h1H3,(H,3,4);;2*1H2/q;+3;;/p-3. The molecule has 0 aliphatic carbocycles. The van der Waals surface area contributed by atoms with Crippen molar-refractivity contribution < 1.29 is 20.9 Å². The molecule has 0 bridgehead atoms. The Kier molecular flexibility index (Phi) is 68.2. The number of aliphatic carboxylic acids is 1. The number of carboxylic acids is 1. The smallest absolute Gasteiger partial charge is 0.870 e. The molecule has 0 heterocycles. The third-order valence-corrected chi connectivity index (χ3v) is 0. The van der Waals surface area contributed by atoms with Gasteiger partial charge in [0.05, 0.1) is 0 Å². The molecule has 0 saturated carbocycles. The molecular weight excluding hydrogens is 115 g/mol. The maximum absolute atomic E-state index is 8.89. The average molecular weight is 120 g/mol. The number of carbonyl (C=O) groups excluding carboxylic acids is 1. The van der Waals surface area contributed by atoms with Crippen LogP contribution >= 0.6 is 0 Å². The van der Waals surface area contributed by atoms with Crippen molar-refractivity contribution in [2.45, 2.75) is 6.92 Å². The van der Waals surface area contributed by atoms with E-state index in [0.717, 1.165) is 6.92 Å². The van der Waals surface area contributed by atoms with Crippen molar-refractivity contribution in [2.75, 3.05) is 0 Å². The fraction of sp³-hybridized carbons (Fsp3) is 0.500. The molecule has 0 aromatic rings. The Bertz CT molecular complexity index is 32.7. The summed E-state index contributed by atoms with van der Waals surface area (Å²) >= 11 is 0. The summed E-state index contributed by atoms with van der Waals surface area (Å²) < 4.78 is 0. The number of carbonyl (C=O) groups is 1. The minimum atomic E-state index is -1.08. The molecule has 40 valence electrons. The van der Waals surface area contributed by atoms with Gasteiger partial charge in [-0.05, 0) is 6.92 Å². The maximum Gasteiger partial charge on any atom is 3.00 e. The molecule has 0 aromatic carbocycles. The van der Waals surface area contributed by atoms with Crippen molar-refractivity contribution in [1.82, 2.24) is 0 Å². The van der Waals surface area contributed by atoms with E-state index in [2.05, 4.69) is 0 Å². The van der Waals surface area contributed by atoms with E-state index < -0.39 is 5.97 Å². The molecule has 2 N–H and O–H groups in total. The normalized spacial score (nSPS) is 3.57. The maximum atomic E-state index is 8.89. The van der Waals surface area contributed by atoms with Crippen LogP contribution in [-0.4, -0.2) is 34.3 Å². The SMILES string of the molecule is CC(=O)[O-].[Al+3].[OH-].[OH-]. The van der Waals surface area contributed by atoms with Crippen molar-refractivity contribution in [3.63, 3.8) is 0 Å². The summed E-state index contributed by atoms with van der Waals surface area (Å²) in [5, 5.41) is 8.89. The average Bonchev–Trinajstić information content (AvgIpc) is 0.811. The van der Waals surface area contributed by atoms with Crippen LogP contribution in [0.5, 0.6) is 0 Å². The third kappa shape index (κ3) is 15200. The van der Waals surface area contributed by atoms with Crippen molar-refractivity contribution in [3.8, 4) is 0 Å². The zero-order valence-corrected chi connectivity index (χ0v) is 4.94. The monoisotopic (exact) mass is 120 g/mol. The van der Waals surface area contributed by atoms with Gasteiger partial charge in [-0.25, -0.2) is 0 Å². The Balaban J connectivity index is -0.0000000150. The molecule has 0 aliphatic rings. The van der Waals surface area contributed by atoms with Gasteiger partial charge >= 0.3 is 17.4 Å². The van der Waals surface area contributed by atoms with Gasteiger partial charge in [0.25, 0.3) is 0 Å². The summed E-state index contributed by atoms with van der Waals surface area (Å²) in [7, 11) is 0. The van der Waals surface area contributed by atoms with Gasteiger partial charge in [0.2, 0.25) is 0 Å². The molecule has 0 fully saturated rings. The summed E-state index contributed by atoms with van der Waals surface area (Å²) in [6.45, 7) is 0.972. The van der Waals surface area contributed by atoms with E-state index in [-0.39, 0.29) is 28.3 Å². The van der Waals surface area contributed by atoms with Gasteiger partial charge in [0.15, 0.2) is 0 Å². The molecule has 0 aliphatic heterocycles. The molecule has 0 radical (unpaired) electrons. The Labute approximate surface area is 51.9 Å². The van der Waals surface area contributed by atoms with E-state index in [4.69, 9.17) is 9.90 Å². The number of rotatable bonds is 0. The van der Waals surface area contributed by atoms with E-state index in [0.29, 0.717) is 0 Å². The second kappa shape index (κ2) is 16.8. The molecule has 0 aromatic heterocycles. The third-order valence-electron chi connectivity index (χ3n) is 0. The van der Waals surface area contributed by atoms with E-state index in [9.17, 15) is 0 Å². The van der Waals surface area contributed by atoms with E-state index >= 15 is 0 Å². The molecular formula is C2H5AlO4. The summed E-state index contributed by atoms with van der Waals surface area (Å²) in [6, 6.07) is 0. The van der Waals surface area contributed by atoms with Crippen LogP contribution in [0.25, 0.3) is 0 Å². The van der Waals surface area contributed by atoms with Crippen LogP contribution in [-0.2, 0) is 4.79 Å². The first-order valence-corrected chi connectivity index (χ1v) is 0.908. The van der Waals surface area contributed by atoms with Gasteiger partial charge in [-0.15, -0.1) is 0 Å². The number of hydrogen-bond acceptors (Lipinski definition) is 4. The van der Waals surface area contributed by atoms with Gasteiger partial charge < -0.3 is 20.9 Å². The quantitative estimate of drug-likeness (QED) is 0.346. The van der Waals surface area contributed by atoms with E-state index in [1.165, 1.54) is 0 Å². The topological polar surface area (TPSA) is 100 Å². The van der Waals surface area contributed by atoms with Gasteiger partial charge in [-0.3, -0.25) is 0 Å². The fourth-order valence-electron chi connectivity index (χ4n) is 0.